The predicted octanol–water partition coefficient (Wildman–Crippen LogP) is 3.84. The highest BCUT2D eigenvalue weighted by Gasteiger charge is 2.39. The van der Waals surface area contributed by atoms with Crippen molar-refractivity contribution in [3.8, 4) is 0 Å². The van der Waals surface area contributed by atoms with Crippen LogP contribution in [-0.2, 0) is 20.2 Å². The van der Waals surface area contributed by atoms with Gasteiger partial charge in [-0.15, -0.1) is 11.3 Å². The molecule has 1 fully saturated rings. The number of nitrogens with zero attached hydrogens (tertiary/aromatic N) is 1. The third-order valence-electron chi connectivity index (χ3n) is 4.58. The van der Waals surface area contributed by atoms with Crippen molar-refractivity contribution in [1.29, 1.82) is 0 Å². The smallest absolute Gasteiger partial charge is 0.253 e. The van der Waals surface area contributed by atoms with E-state index < -0.39 is 16.1 Å². The van der Waals surface area contributed by atoms with Gasteiger partial charge in [-0.05, 0) is 47.4 Å². The minimum absolute atomic E-state index is 0.0412. The molecule has 1 saturated heterocycles. The Labute approximate surface area is 159 Å². The van der Waals surface area contributed by atoms with Crippen LogP contribution in [0.3, 0.4) is 0 Å². The maximum absolute atomic E-state index is 12.8. The summed E-state index contributed by atoms with van der Waals surface area (Å²) in [4.78, 5) is 12.7. The molecule has 1 aliphatic rings. The summed E-state index contributed by atoms with van der Waals surface area (Å²) in [5.74, 6) is -0.272. The van der Waals surface area contributed by atoms with Crippen LogP contribution in [0.5, 0.6) is 0 Å². The third-order valence-corrected chi connectivity index (χ3v) is 7.86. The van der Waals surface area contributed by atoms with Gasteiger partial charge in [0.2, 0.25) is 5.91 Å². The molecule has 1 unspecified atom stereocenters. The number of hydrogen-bond acceptors (Lipinski definition) is 4. The van der Waals surface area contributed by atoms with Crippen LogP contribution in [0.1, 0.15) is 39.2 Å². The number of hydrogen-bond donors (Lipinski definition) is 1. The van der Waals surface area contributed by atoms with E-state index in [-0.39, 0.29) is 15.5 Å². The molecule has 2 heterocycles. The largest absolute Gasteiger partial charge is 0.325 e. The van der Waals surface area contributed by atoms with E-state index in [1.807, 2.05) is 24.3 Å². The highest BCUT2D eigenvalue weighted by molar-refractivity contribution is 7.91. The summed E-state index contributed by atoms with van der Waals surface area (Å²) >= 11 is 1.18. The number of anilines is 1. The minimum Gasteiger partial charge on any atom is -0.325 e. The molecule has 0 spiro atoms. The number of carbonyl (C=O) groups is 1. The van der Waals surface area contributed by atoms with Crippen molar-refractivity contribution in [3.63, 3.8) is 0 Å². The van der Waals surface area contributed by atoms with Crippen molar-refractivity contribution in [3.05, 3.63) is 47.3 Å². The van der Waals surface area contributed by atoms with Gasteiger partial charge in [0, 0.05) is 12.2 Å². The molecule has 26 heavy (non-hydrogen) atoms. The molecule has 1 N–H and O–H groups in total. The lowest BCUT2D eigenvalue weighted by molar-refractivity contribution is -0.119. The van der Waals surface area contributed by atoms with Crippen LogP contribution in [0.25, 0.3) is 0 Å². The van der Waals surface area contributed by atoms with Gasteiger partial charge in [-0.25, -0.2) is 8.42 Å². The van der Waals surface area contributed by atoms with Crippen LogP contribution in [-0.4, -0.2) is 31.2 Å². The van der Waals surface area contributed by atoms with Crippen molar-refractivity contribution in [2.75, 3.05) is 11.9 Å². The van der Waals surface area contributed by atoms with Crippen LogP contribution in [0.4, 0.5) is 5.69 Å². The summed E-state index contributed by atoms with van der Waals surface area (Å²) in [6.07, 6.45) is 1.22. The molecule has 140 valence electrons. The summed E-state index contributed by atoms with van der Waals surface area (Å²) < 4.78 is 27.2. The van der Waals surface area contributed by atoms with Crippen molar-refractivity contribution >= 4 is 33.0 Å². The Bertz CT molecular complexity index is 867. The van der Waals surface area contributed by atoms with Gasteiger partial charge >= 0.3 is 0 Å². The van der Waals surface area contributed by atoms with Crippen LogP contribution in [0, 0.1) is 0 Å². The van der Waals surface area contributed by atoms with Gasteiger partial charge in [-0.1, -0.05) is 39.0 Å². The molecular formula is C19H24N2O3S2. The zero-order chi connectivity index (χ0) is 18.9. The van der Waals surface area contributed by atoms with Gasteiger partial charge < -0.3 is 5.32 Å². The molecule has 0 saturated carbocycles. The quantitative estimate of drug-likeness (QED) is 0.860. The minimum atomic E-state index is -3.62. The Morgan fingerprint density at radius 2 is 1.88 bits per heavy atom. The summed E-state index contributed by atoms with van der Waals surface area (Å²) in [6.45, 7) is 6.77. The van der Waals surface area contributed by atoms with Gasteiger partial charge in [0.1, 0.15) is 10.3 Å². The van der Waals surface area contributed by atoms with E-state index >= 15 is 0 Å². The number of thiophene rings is 1. The Morgan fingerprint density at radius 3 is 2.46 bits per heavy atom. The number of nitrogens with one attached hydrogen (secondary N) is 1. The fourth-order valence-corrected chi connectivity index (χ4v) is 5.87. The van der Waals surface area contributed by atoms with E-state index in [9.17, 15) is 13.2 Å². The van der Waals surface area contributed by atoms with Gasteiger partial charge in [0.15, 0.2) is 0 Å². The predicted molar refractivity (Wildman–Crippen MR) is 105 cm³/mol. The zero-order valence-corrected chi connectivity index (χ0v) is 16.9. The van der Waals surface area contributed by atoms with Crippen molar-refractivity contribution in [2.24, 2.45) is 0 Å². The maximum atomic E-state index is 12.8. The Hall–Kier alpha value is -1.70. The highest BCUT2D eigenvalue weighted by Crippen LogP contribution is 2.29. The molecule has 2 aromatic rings. The molecular weight excluding hydrogens is 368 g/mol. The standard InChI is InChI=1S/C19H24N2O3S2/c1-19(2,3)14-8-10-15(11-9-14)20-18(22)16-6-4-12-21(16)26(23,24)17-7-5-13-25-17/h5,7-11,13,16H,4,6,12H2,1-3H3,(H,20,22). The fraction of sp³-hybridized carbons (Fsp3) is 0.421. The van der Waals surface area contributed by atoms with E-state index in [0.29, 0.717) is 25.1 Å². The van der Waals surface area contributed by atoms with Crippen molar-refractivity contribution in [1.82, 2.24) is 4.31 Å². The molecule has 3 rings (SSSR count). The summed E-state index contributed by atoms with van der Waals surface area (Å²) in [5.41, 5.74) is 1.90. The van der Waals surface area contributed by atoms with Gasteiger partial charge in [0.25, 0.3) is 10.0 Å². The van der Waals surface area contributed by atoms with Crippen molar-refractivity contribution < 1.29 is 13.2 Å². The molecule has 1 amide bonds. The number of benzene rings is 1. The average Bonchev–Trinajstić information content (AvgIpc) is 3.26. The topological polar surface area (TPSA) is 66.5 Å². The molecule has 1 atom stereocenters. The van der Waals surface area contributed by atoms with E-state index in [2.05, 4.69) is 26.1 Å². The lowest BCUT2D eigenvalue weighted by Gasteiger charge is -2.23. The second kappa shape index (κ2) is 7.13. The number of rotatable bonds is 4. The molecule has 0 radical (unpaired) electrons. The molecule has 5 nitrogen and oxygen atoms in total. The van der Waals surface area contributed by atoms with E-state index in [1.54, 1.807) is 17.5 Å². The van der Waals surface area contributed by atoms with Crippen LogP contribution in [0.2, 0.25) is 0 Å². The Balaban J connectivity index is 1.75. The number of sulfonamides is 1. The molecule has 1 aromatic heterocycles. The molecule has 0 bridgehead atoms. The fourth-order valence-electron chi connectivity index (χ4n) is 3.09. The third kappa shape index (κ3) is 3.84. The first-order valence-corrected chi connectivity index (χ1v) is 11.0. The molecule has 0 aliphatic carbocycles. The normalized spacial score (nSPS) is 18.8. The van der Waals surface area contributed by atoms with Crippen LogP contribution in [0.15, 0.2) is 46.0 Å². The first-order chi connectivity index (χ1) is 12.2. The lowest BCUT2D eigenvalue weighted by Crippen LogP contribution is -2.42. The average molecular weight is 393 g/mol. The summed E-state index contributed by atoms with van der Waals surface area (Å²) in [6, 6.07) is 10.3. The monoisotopic (exact) mass is 392 g/mol. The zero-order valence-electron chi connectivity index (χ0n) is 15.2. The number of carbonyl (C=O) groups excluding carboxylic acids is 1. The first kappa shape index (κ1) is 19.1. The molecule has 7 heteroatoms. The van der Waals surface area contributed by atoms with E-state index in [1.165, 1.54) is 21.2 Å². The molecule has 1 aliphatic heterocycles. The van der Waals surface area contributed by atoms with E-state index in [4.69, 9.17) is 0 Å². The van der Waals surface area contributed by atoms with Gasteiger partial charge in [0.05, 0.1) is 0 Å². The summed E-state index contributed by atoms with van der Waals surface area (Å²) in [7, 11) is -3.62. The molecule has 1 aromatic carbocycles. The van der Waals surface area contributed by atoms with Gasteiger partial charge in [-0.2, -0.15) is 4.31 Å². The number of amides is 1. The van der Waals surface area contributed by atoms with Crippen molar-refractivity contribution in [2.45, 2.75) is 49.3 Å². The maximum Gasteiger partial charge on any atom is 0.253 e. The summed E-state index contributed by atoms with van der Waals surface area (Å²) in [5, 5.41) is 4.60. The second-order valence-electron chi connectivity index (χ2n) is 7.52. The Morgan fingerprint density at radius 1 is 1.19 bits per heavy atom. The Kier molecular flexibility index (Phi) is 5.23. The van der Waals surface area contributed by atoms with Gasteiger partial charge in [-0.3, -0.25) is 4.79 Å². The van der Waals surface area contributed by atoms with E-state index in [0.717, 1.165) is 0 Å². The highest BCUT2D eigenvalue weighted by atomic mass is 32.2. The van der Waals surface area contributed by atoms with Crippen LogP contribution >= 0.6 is 11.3 Å². The first-order valence-electron chi connectivity index (χ1n) is 8.66. The lowest BCUT2D eigenvalue weighted by atomic mass is 9.87. The second-order valence-corrected chi connectivity index (χ2v) is 10.6. The SMILES string of the molecule is CC(C)(C)c1ccc(NC(=O)C2CCCN2S(=O)(=O)c2cccs2)cc1. The van der Waals surface area contributed by atoms with Crippen LogP contribution < -0.4 is 5.32 Å².